The molecule has 1 aliphatic rings. The van der Waals surface area contributed by atoms with Gasteiger partial charge in [0.15, 0.2) is 0 Å². The predicted octanol–water partition coefficient (Wildman–Crippen LogP) is 5.65. The molecule has 1 aliphatic carbocycles. The number of aryl methyl sites for hydroxylation is 2. The van der Waals surface area contributed by atoms with Crippen molar-refractivity contribution in [2.45, 2.75) is 79.2 Å². The highest BCUT2D eigenvalue weighted by Crippen LogP contribution is 2.37. The Bertz CT molecular complexity index is 618. The van der Waals surface area contributed by atoms with Crippen LogP contribution in [0.5, 0.6) is 5.75 Å². The first-order chi connectivity index (χ1) is 12.8. The van der Waals surface area contributed by atoms with Crippen LogP contribution in [-0.4, -0.2) is 24.7 Å². The van der Waals surface area contributed by atoms with E-state index in [1.165, 1.54) is 6.42 Å². The first-order valence-corrected chi connectivity index (χ1v) is 10.5. The smallest absolute Gasteiger partial charge is 0.256 e. The Hall–Kier alpha value is -1.55. The van der Waals surface area contributed by atoms with E-state index in [2.05, 4.69) is 33.0 Å². The lowest BCUT2D eigenvalue weighted by Gasteiger charge is -2.38. The molecule has 1 saturated carbocycles. The Kier molecular flexibility index (Phi) is 7.72. The Morgan fingerprint density at radius 1 is 1.30 bits per heavy atom. The lowest BCUT2D eigenvalue weighted by molar-refractivity contribution is -0.148. The lowest BCUT2D eigenvalue weighted by atomic mass is 9.78. The topological polar surface area (TPSA) is 47.6 Å². The monoisotopic (exact) mass is 375 g/mol. The van der Waals surface area contributed by atoms with Gasteiger partial charge in [0.25, 0.3) is 5.91 Å². The number of amides is 1. The fraction of sp³-hybridized carbons (Fsp3) is 0.696. The zero-order valence-electron chi connectivity index (χ0n) is 18.0. The molecule has 0 aromatic heterocycles. The molecule has 152 valence electrons. The second-order valence-electron chi connectivity index (χ2n) is 8.64. The second kappa shape index (κ2) is 9.59. The van der Waals surface area contributed by atoms with Crippen molar-refractivity contribution in [3.8, 4) is 5.75 Å². The van der Waals surface area contributed by atoms with Crippen molar-refractivity contribution in [2.75, 3.05) is 18.5 Å². The molecule has 1 N–H and O–H groups in total. The molecule has 0 bridgehead atoms. The maximum atomic E-state index is 13.2. The molecule has 2 rings (SSSR count). The van der Waals surface area contributed by atoms with Gasteiger partial charge in [-0.3, -0.25) is 4.79 Å². The Balaban J connectivity index is 2.17. The van der Waals surface area contributed by atoms with Crippen LogP contribution in [0.4, 0.5) is 5.69 Å². The summed E-state index contributed by atoms with van der Waals surface area (Å²) < 4.78 is 12.1. The van der Waals surface area contributed by atoms with Crippen molar-refractivity contribution in [1.82, 2.24) is 0 Å². The molecule has 1 aromatic rings. The Labute approximate surface area is 165 Å². The highest BCUT2D eigenvalue weighted by molar-refractivity contribution is 5.97. The number of nitrogens with one attached hydrogen (secondary N) is 1. The molecule has 1 fully saturated rings. The number of hydrogen-bond donors (Lipinski definition) is 1. The van der Waals surface area contributed by atoms with Crippen LogP contribution in [0.2, 0.25) is 0 Å². The summed E-state index contributed by atoms with van der Waals surface area (Å²) in [5.74, 6) is 1.91. The quantitative estimate of drug-likeness (QED) is 0.638. The van der Waals surface area contributed by atoms with Crippen LogP contribution >= 0.6 is 0 Å². The number of carbonyl (C=O) groups is 1. The van der Waals surface area contributed by atoms with Gasteiger partial charge in [0.2, 0.25) is 0 Å². The normalized spacial score (nSPS) is 22.7. The molecular weight excluding hydrogens is 338 g/mol. The molecule has 2 atom stereocenters. The second-order valence-corrected chi connectivity index (χ2v) is 8.64. The highest BCUT2D eigenvalue weighted by Gasteiger charge is 2.42. The van der Waals surface area contributed by atoms with Gasteiger partial charge in [0, 0.05) is 12.3 Å². The third-order valence-electron chi connectivity index (χ3n) is 5.23. The van der Waals surface area contributed by atoms with Gasteiger partial charge in [0.1, 0.15) is 11.4 Å². The van der Waals surface area contributed by atoms with Crippen molar-refractivity contribution < 1.29 is 14.3 Å². The third-order valence-corrected chi connectivity index (χ3v) is 5.23. The highest BCUT2D eigenvalue weighted by atomic mass is 16.5. The van der Waals surface area contributed by atoms with E-state index < -0.39 is 5.60 Å². The SMILES string of the molecule is CCCO[C@@]1(C(=O)Nc2cc(C)c(OCC(C)C)c(C)c2)CCC[C@H](C)C1. The van der Waals surface area contributed by atoms with Gasteiger partial charge >= 0.3 is 0 Å². The summed E-state index contributed by atoms with van der Waals surface area (Å²) in [5.41, 5.74) is 2.23. The lowest BCUT2D eigenvalue weighted by Crippen LogP contribution is -2.48. The van der Waals surface area contributed by atoms with Gasteiger partial charge in [0.05, 0.1) is 6.61 Å². The maximum Gasteiger partial charge on any atom is 0.256 e. The van der Waals surface area contributed by atoms with Gasteiger partial charge in [-0.25, -0.2) is 0 Å². The van der Waals surface area contributed by atoms with Gasteiger partial charge in [-0.2, -0.15) is 0 Å². The molecule has 4 nitrogen and oxygen atoms in total. The number of hydrogen-bond acceptors (Lipinski definition) is 3. The van der Waals surface area contributed by atoms with Crippen LogP contribution in [-0.2, 0) is 9.53 Å². The minimum absolute atomic E-state index is 0.00264. The van der Waals surface area contributed by atoms with Crippen LogP contribution in [0.3, 0.4) is 0 Å². The van der Waals surface area contributed by atoms with Gasteiger partial charge < -0.3 is 14.8 Å². The number of rotatable bonds is 8. The molecule has 0 saturated heterocycles. The number of anilines is 1. The summed E-state index contributed by atoms with van der Waals surface area (Å²) in [6.07, 6.45) is 4.73. The number of ether oxygens (including phenoxy) is 2. The molecule has 27 heavy (non-hydrogen) atoms. The third kappa shape index (κ3) is 5.71. The Morgan fingerprint density at radius 3 is 2.52 bits per heavy atom. The fourth-order valence-corrected chi connectivity index (χ4v) is 3.95. The molecule has 0 spiro atoms. The summed E-state index contributed by atoms with van der Waals surface area (Å²) in [7, 11) is 0. The van der Waals surface area contributed by atoms with E-state index in [1.54, 1.807) is 0 Å². The van der Waals surface area contributed by atoms with Crippen LogP contribution in [0, 0.1) is 25.7 Å². The van der Waals surface area contributed by atoms with E-state index >= 15 is 0 Å². The van der Waals surface area contributed by atoms with E-state index in [0.29, 0.717) is 25.0 Å². The molecule has 1 amide bonds. The van der Waals surface area contributed by atoms with E-state index in [4.69, 9.17) is 9.47 Å². The fourth-order valence-electron chi connectivity index (χ4n) is 3.95. The molecule has 0 aliphatic heterocycles. The summed E-state index contributed by atoms with van der Waals surface area (Å²) in [6.45, 7) is 14.0. The summed E-state index contributed by atoms with van der Waals surface area (Å²) in [4.78, 5) is 13.2. The van der Waals surface area contributed by atoms with Crippen molar-refractivity contribution in [3.63, 3.8) is 0 Å². The van der Waals surface area contributed by atoms with Gasteiger partial charge in [-0.05, 0) is 74.6 Å². The Morgan fingerprint density at radius 2 is 1.96 bits per heavy atom. The van der Waals surface area contributed by atoms with E-state index in [0.717, 1.165) is 48.2 Å². The zero-order chi connectivity index (χ0) is 20.0. The molecule has 0 radical (unpaired) electrons. The predicted molar refractivity (Wildman–Crippen MR) is 111 cm³/mol. The minimum atomic E-state index is -0.692. The number of carbonyl (C=O) groups excluding carboxylic acids is 1. The minimum Gasteiger partial charge on any atom is -0.493 e. The molecule has 1 aromatic carbocycles. The molecular formula is C23H37NO3. The van der Waals surface area contributed by atoms with Crippen molar-refractivity contribution in [3.05, 3.63) is 23.3 Å². The van der Waals surface area contributed by atoms with E-state index in [9.17, 15) is 4.79 Å². The largest absolute Gasteiger partial charge is 0.493 e. The van der Waals surface area contributed by atoms with E-state index in [-0.39, 0.29) is 5.91 Å². The summed E-state index contributed by atoms with van der Waals surface area (Å²) >= 11 is 0. The standard InChI is InChI=1S/C23H37NO3/c1-7-11-27-23(10-8-9-17(4)14-23)22(25)24-20-12-18(5)21(19(6)13-20)26-15-16(2)3/h12-13,16-17H,7-11,14-15H2,1-6H3,(H,24,25)/t17-,23-/m0/s1. The first kappa shape index (κ1) is 21.7. The van der Waals surface area contributed by atoms with Crippen molar-refractivity contribution in [2.24, 2.45) is 11.8 Å². The summed E-state index contributed by atoms with van der Waals surface area (Å²) in [6, 6.07) is 4.00. The first-order valence-electron chi connectivity index (χ1n) is 10.5. The van der Waals surface area contributed by atoms with Crippen LogP contribution in [0.25, 0.3) is 0 Å². The zero-order valence-corrected chi connectivity index (χ0v) is 18.0. The van der Waals surface area contributed by atoms with Crippen LogP contribution in [0.15, 0.2) is 12.1 Å². The van der Waals surface area contributed by atoms with Gasteiger partial charge in [-0.15, -0.1) is 0 Å². The molecule has 0 unspecified atom stereocenters. The van der Waals surface area contributed by atoms with Crippen molar-refractivity contribution >= 4 is 11.6 Å². The average molecular weight is 376 g/mol. The average Bonchev–Trinajstić information content (AvgIpc) is 2.59. The van der Waals surface area contributed by atoms with E-state index in [1.807, 2.05) is 26.0 Å². The molecule has 0 heterocycles. The van der Waals surface area contributed by atoms with Crippen LogP contribution in [0.1, 0.15) is 70.9 Å². The van der Waals surface area contributed by atoms with Crippen molar-refractivity contribution in [1.29, 1.82) is 0 Å². The van der Waals surface area contributed by atoms with Gasteiger partial charge in [-0.1, -0.05) is 34.1 Å². The molecule has 4 heteroatoms. The number of benzene rings is 1. The maximum absolute atomic E-state index is 13.2. The summed E-state index contributed by atoms with van der Waals surface area (Å²) in [5, 5.41) is 3.14. The van der Waals surface area contributed by atoms with Crippen LogP contribution < -0.4 is 10.1 Å².